The predicted molar refractivity (Wildman–Crippen MR) is 102 cm³/mol. The highest BCUT2D eigenvalue weighted by Gasteiger charge is 2.15. The highest BCUT2D eigenvalue weighted by molar-refractivity contribution is 7.16. The third kappa shape index (κ3) is 2.97. The van der Waals surface area contributed by atoms with Gasteiger partial charge in [0, 0.05) is 26.9 Å². The summed E-state index contributed by atoms with van der Waals surface area (Å²) in [4.78, 5) is 24.5. The van der Waals surface area contributed by atoms with E-state index in [0.717, 1.165) is 10.8 Å². The molecule has 2 heterocycles. The minimum atomic E-state index is -0.479. The number of halogens is 1. The van der Waals surface area contributed by atoms with Crippen molar-refractivity contribution in [3.8, 4) is 0 Å². The van der Waals surface area contributed by atoms with E-state index in [9.17, 15) is 9.59 Å². The van der Waals surface area contributed by atoms with Crippen molar-refractivity contribution in [1.29, 1.82) is 0 Å². The molecule has 0 aliphatic heterocycles. The number of hydrogen-bond acceptors (Lipinski definition) is 4. The Morgan fingerprint density at radius 2 is 1.88 bits per heavy atom. The monoisotopic (exact) mass is 370 g/mol. The molecular formula is C18H11ClN2O3S. The number of benzene rings is 2. The van der Waals surface area contributed by atoms with Crippen LogP contribution < -0.4 is 16.3 Å². The van der Waals surface area contributed by atoms with Crippen LogP contribution in [0.15, 0.2) is 63.1 Å². The molecule has 124 valence electrons. The maximum absolute atomic E-state index is 12.3. The Balaban J connectivity index is 1.69. The molecule has 0 saturated carbocycles. The van der Waals surface area contributed by atoms with E-state index in [2.05, 4.69) is 10.6 Å². The highest BCUT2D eigenvalue weighted by atomic mass is 35.5. The second kappa shape index (κ2) is 6.23. The summed E-state index contributed by atoms with van der Waals surface area (Å²) in [6, 6.07) is 13.6. The summed E-state index contributed by atoms with van der Waals surface area (Å²) in [5.41, 5.74) is 0.601. The number of amides is 2. The molecular weight excluding hydrogens is 360 g/mol. The van der Waals surface area contributed by atoms with Gasteiger partial charge in [-0.1, -0.05) is 35.9 Å². The van der Waals surface area contributed by atoms with Crippen molar-refractivity contribution in [1.82, 2.24) is 0 Å². The van der Waals surface area contributed by atoms with Gasteiger partial charge in [-0.3, -0.25) is 5.32 Å². The molecule has 0 saturated heterocycles. The first-order chi connectivity index (χ1) is 12.1. The third-order valence-corrected chi connectivity index (χ3v) is 4.82. The van der Waals surface area contributed by atoms with Gasteiger partial charge in [0.25, 0.3) is 0 Å². The molecule has 0 fully saturated rings. The molecule has 0 atom stereocenters. The Morgan fingerprint density at radius 1 is 1.04 bits per heavy atom. The highest BCUT2D eigenvalue weighted by Crippen LogP contribution is 2.33. The molecule has 2 aromatic carbocycles. The van der Waals surface area contributed by atoms with Crippen LogP contribution in [0.25, 0.3) is 21.7 Å². The molecule has 0 radical (unpaired) electrons. The van der Waals surface area contributed by atoms with Crippen LogP contribution in [0.4, 0.5) is 15.5 Å². The SMILES string of the molecule is O=C(Nc1cccc(Cl)c1)Nc1scc2c1c(=O)oc1ccccc12. The van der Waals surface area contributed by atoms with Gasteiger partial charge in [-0.15, -0.1) is 11.3 Å². The van der Waals surface area contributed by atoms with E-state index < -0.39 is 11.7 Å². The molecule has 0 unspecified atom stereocenters. The lowest BCUT2D eigenvalue weighted by Crippen LogP contribution is -2.19. The normalized spacial score (nSPS) is 10.9. The van der Waals surface area contributed by atoms with Gasteiger partial charge < -0.3 is 9.73 Å². The lowest BCUT2D eigenvalue weighted by molar-refractivity contribution is 0.262. The van der Waals surface area contributed by atoms with Gasteiger partial charge in [-0.05, 0) is 24.3 Å². The lowest BCUT2D eigenvalue weighted by atomic mass is 10.1. The quantitative estimate of drug-likeness (QED) is 0.470. The summed E-state index contributed by atoms with van der Waals surface area (Å²) in [5, 5.41) is 10.1. The Kier molecular flexibility index (Phi) is 3.91. The number of para-hydroxylation sites is 1. The number of fused-ring (bicyclic) bond motifs is 3. The van der Waals surface area contributed by atoms with Crippen LogP contribution in [0.2, 0.25) is 5.02 Å². The number of urea groups is 1. The number of anilines is 2. The van der Waals surface area contributed by atoms with E-state index in [1.165, 1.54) is 11.3 Å². The Hall–Kier alpha value is -2.83. The molecule has 0 aliphatic carbocycles. The topological polar surface area (TPSA) is 71.3 Å². The number of nitrogens with one attached hydrogen (secondary N) is 2. The Bertz CT molecular complexity index is 1170. The summed E-state index contributed by atoms with van der Waals surface area (Å²) < 4.78 is 5.35. The average Bonchev–Trinajstić information content (AvgIpc) is 2.99. The van der Waals surface area contributed by atoms with Crippen LogP contribution in [0, 0.1) is 0 Å². The Morgan fingerprint density at radius 3 is 2.72 bits per heavy atom. The van der Waals surface area contributed by atoms with E-state index in [1.54, 1.807) is 36.4 Å². The second-order valence-electron chi connectivity index (χ2n) is 5.33. The fourth-order valence-electron chi connectivity index (χ4n) is 2.61. The lowest BCUT2D eigenvalue weighted by Gasteiger charge is -2.06. The molecule has 2 aromatic heterocycles. The van der Waals surface area contributed by atoms with Crippen LogP contribution >= 0.6 is 22.9 Å². The van der Waals surface area contributed by atoms with Crippen LogP contribution in [-0.2, 0) is 0 Å². The summed E-state index contributed by atoms with van der Waals surface area (Å²) in [6.45, 7) is 0. The minimum Gasteiger partial charge on any atom is -0.422 e. The van der Waals surface area contributed by atoms with E-state index in [-0.39, 0.29) is 0 Å². The van der Waals surface area contributed by atoms with Crippen molar-refractivity contribution < 1.29 is 9.21 Å². The van der Waals surface area contributed by atoms with Crippen LogP contribution in [0.3, 0.4) is 0 Å². The number of rotatable bonds is 2. The fraction of sp³-hybridized carbons (Fsp3) is 0. The Labute approximate surface area is 150 Å². The van der Waals surface area contributed by atoms with E-state index in [1.807, 2.05) is 17.5 Å². The molecule has 0 spiro atoms. The molecule has 25 heavy (non-hydrogen) atoms. The van der Waals surface area contributed by atoms with Gasteiger partial charge in [0.2, 0.25) is 0 Å². The molecule has 4 aromatic rings. The van der Waals surface area contributed by atoms with E-state index in [4.69, 9.17) is 16.0 Å². The predicted octanol–water partition coefficient (Wildman–Crippen LogP) is 5.31. The molecule has 7 heteroatoms. The van der Waals surface area contributed by atoms with Crippen LogP contribution in [0.1, 0.15) is 0 Å². The molecule has 0 aliphatic rings. The van der Waals surface area contributed by atoms with Crippen LogP contribution in [-0.4, -0.2) is 6.03 Å². The van der Waals surface area contributed by atoms with Crippen molar-refractivity contribution >= 4 is 61.4 Å². The number of hydrogen-bond donors (Lipinski definition) is 2. The maximum atomic E-state index is 12.3. The molecule has 4 rings (SSSR count). The molecule has 2 N–H and O–H groups in total. The van der Waals surface area contributed by atoms with Crippen molar-refractivity contribution in [2.24, 2.45) is 0 Å². The second-order valence-corrected chi connectivity index (χ2v) is 6.64. The van der Waals surface area contributed by atoms with Crippen molar-refractivity contribution in [2.45, 2.75) is 0 Å². The summed E-state index contributed by atoms with van der Waals surface area (Å²) in [6.07, 6.45) is 0. The van der Waals surface area contributed by atoms with Gasteiger partial charge in [0.15, 0.2) is 0 Å². The van der Waals surface area contributed by atoms with Gasteiger partial charge in [0.05, 0.1) is 0 Å². The van der Waals surface area contributed by atoms with Gasteiger partial charge in [-0.25, -0.2) is 9.59 Å². The van der Waals surface area contributed by atoms with Gasteiger partial charge in [0.1, 0.15) is 16.0 Å². The zero-order chi connectivity index (χ0) is 17.4. The standard InChI is InChI=1S/C18H11ClN2O3S/c19-10-4-3-5-11(8-10)20-18(23)21-16-15-13(9-25-16)12-6-1-2-7-14(12)24-17(15)22/h1-9H,(H2,20,21,23). The summed E-state index contributed by atoms with van der Waals surface area (Å²) in [5.74, 6) is 0. The van der Waals surface area contributed by atoms with Gasteiger partial charge >= 0.3 is 11.7 Å². The zero-order valence-corrected chi connectivity index (χ0v) is 14.3. The maximum Gasteiger partial charge on any atom is 0.347 e. The molecule has 2 amide bonds. The first-order valence-corrected chi connectivity index (χ1v) is 8.64. The first-order valence-electron chi connectivity index (χ1n) is 7.38. The fourth-order valence-corrected chi connectivity index (χ4v) is 3.75. The smallest absolute Gasteiger partial charge is 0.347 e. The minimum absolute atomic E-state index is 0.366. The number of carbonyl (C=O) groups excluding carboxylic acids is 1. The molecule has 0 bridgehead atoms. The third-order valence-electron chi connectivity index (χ3n) is 3.68. The number of thiophene rings is 1. The van der Waals surface area contributed by atoms with Crippen LogP contribution in [0.5, 0.6) is 0 Å². The molecule has 5 nitrogen and oxygen atoms in total. The zero-order valence-electron chi connectivity index (χ0n) is 12.7. The van der Waals surface area contributed by atoms with Crippen molar-refractivity contribution in [2.75, 3.05) is 10.6 Å². The van der Waals surface area contributed by atoms with E-state index >= 15 is 0 Å². The van der Waals surface area contributed by atoms with Gasteiger partial charge in [-0.2, -0.15) is 0 Å². The average molecular weight is 371 g/mol. The van der Waals surface area contributed by atoms with Crippen molar-refractivity contribution in [3.63, 3.8) is 0 Å². The summed E-state index contributed by atoms with van der Waals surface area (Å²) >= 11 is 7.18. The first kappa shape index (κ1) is 15.7. The van der Waals surface area contributed by atoms with E-state index in [0.29, 0.717) is 26.7 Å². The largest absolute Gasteiger partial charge is 0.422 e. The summed E-state index contributed by atoms with van der Waals surface area (Å²) in [7, 11) is 0. The number of carbonyl (C=O) groups is 1. The van der Waals surface area contributed by atoms with Crippen molar-refractivity contribution in [3.05, 3.63) is 69.4 Å².